The van der Waals surface area contributed by atoms with Gasteiger partial charge in [-0.2, -0.15) is 8.78 Å². The molecule has 1 N–H and O–H groups in total. The van der Waals surface area contributed by atoms with E-state index in [-0.39, 0.29) is 0 Å². The van der Waals surface area contributed by atoms with Gasteiger partial charge < -0.3 is 14.7 Å². The molecule has 0 saturated carbocycles. The minimum atomic E-state index is -2.24. The van der Waals surface area contributed by atoms with Crippen LogP contribution in [0.4, 0.5) is 13.6 Å². The normalized spacial score (nSPS) is 11.6. The van der Waals surface area contributed by atoms with E-state index >= 15 is 0 Å². The Morgan fingerprint density at radius 2 is 2.00 bits per heavy atom. The molecule has 1 atom stereocenters. The second kappa shape index (κ2) is 6.95. The zero-order valence-corrected chi connectivity index (χ0v) is 9.24. The first kappa shape index (κ1) is 14.6. The molecular formula is C10H15F2NO3. The summed E-state index contributed by atoms with van der Waals surface area (Å²) < 4.78 is 29.1. The molecular weight excluding hydrogens is 220 g/mol. The highest BCUT2D eigenvalue weighted by atomic mass is 19.3. The van der Waals surface area contributed by atoms with Crippen LogP contribution in [-0.4, -0.2) is 35.3 Å². The van der Waals surface area contributed by atoms with E-state index in [1.807, 2.05) is 0 Å². The summed E-state index contributed by atoms with van der Waals surface area (Å²) in [7, 11) is 0. The lowest BCUT2D eigenvalue weighted by Crippen LogP contribution is -2.32. The van der Waals surface area contributed by atoms with E-state index in [0.717, 1.165) is 6.08 Å². The van der Waals surface area contributed by atoms with Crippen LogP contribution >= 0.6 is 0 Å². The van der Waals surface area contributed by atoms with E-state index in [4.69, 9.17) is 5.11 Å². The quantitative estimate of drug-likeness (QED) is 0.586. The lowest BCUT2D eigenvalue weighted by molar-refractivity contribution is 0.0971. The molecule has 0 spiro atoms. The lowest BCUT2D eigenvalue weighted by Gasteiger charge is -2.19. The number of amides is 1. The maximum absolute atomic E-state index is 12.3. The molecule has 0 aromatic heterocycles. The van der Waals surface area contributed by atoms with E-state index in [2.05, 4.69) is 11.3 Å². The molecule has 0 saturated heterocycles. The Balaban J connectivity index is 4.73. The van der Waals surface area contributed by atoms with Gasteiger partial charge >= 0.3 is 12.2 Å². The second-order valence-electron chi connectivity index (χ2n) is 2.85. The van der Waals surface area contributed by atoms with Gasteiger partial charge in [0.15, 0.2) is 0 Å². The zero-order valence-electron chi connectivity index (χ0n) is 9.24. The molecule has 0 radical (unpaired) electrons. The van der Waals surface area contributed by atoms with Gasteiger partial charge in [-0.25, -0.2) is 4.79 Å². The molecule has 0 aliphatic carbocycles. The fourth-order valence-electron chi connectivity index (χ4n) is 0.958. The van der Waals surface area contributed by atoms with Gasteiger partial charge in [-0.05, 0) is 13.8 Å². The van der Waals surface area contributed by atoms with Gasteiger partial charge in [0.25, 0.3) is 0 Å². The van der Waals surface area contributed by atoms with E-state index in [1.165, 1.54) is 4.90 Å². The van der Waals surface area contributed by atoms with Crippen LogP contribution in [0.15, 0.2) is 24.5 Å². The molecule has 0 fully saturated rings. The summed E-state index contributed by atoms with van der Waals surface area (Å²) in [6.45, 7) is 7.17. The molecule has 4 nitrogen and oxygen atoms in total. The van der Waals surface area contributed by atoms with Crippen LogP contribution in [0, 0.1) is 0 Å². The van der Waals surface area contributed by atoms with Crippen molar-refractivity contribution >= 4 is 6.09 Å². The van der Waals surface area contributed by atoms with E-state index in [0.29, 0.717) is 13.1 Å². The third-order valence-electron chi connectivity index (χ3n) is 1.90. The third kappa shape index (κ3) is 3.98. The van der Waals surface area contributed by atoms with Gasteiger partial charge in [-0.3, -0.25) is 0 Å². The van der Waals surface area contributed by atoms with Crippen molar-refractivity contribution in [2.45, 2.75) is 20.0 Å². The van der Waals surface area contributed by atoms with Gasteiger partial charge in [0.2, 0.25) is 5.76 Å². The number of ether oxygens (including phenoxy) is 1. The van der Waals surface area contributed by atoms with Crippen LogP contribution in [0.25, 0.3) is 0 Å². The van der Waals surface area contributed by atoms with Crippen LogP contribution in [0.1, 0.15) is 13.8 Å². The first-order valence-electron chi connectivity index (χ1n) is 4.80. The van der Waals surface area contributed by atoms with Gasteiger partial charge in [-0.15, -0.1) is 6.58 Å². The Morgan fingerprint density at radius 3 is 2.31 bits per heavy atom. The lowest BCUT2D eigenvalue weighted by atomic mass is 10.3. The summed E-state index contributed by atoms with van der Waals surface area (Å²) in [5.74, 6) is -1.08. The van der Waals surface area contributed by atoms with Crippen molar-refractivity contribution in [3.05, 3.63) is 24.5 Å². The van der Waals surface area contributed by atoms with Crippen LogP contribution in [0.5, 0.6) is 0 Å². The molecule has 6 heteroatoms. The molecule has 0 aromatic rings. The van der Waals surface area contributed by atoms with Crippen molar-refractivity contribution in [2.24, 2.45) is 0 Å². The number of nitrogens with zero attached hydrogens (tertiary/aromatic N) is 1. The summed E-state index contributed by atoms with van der Waals surface area (Å²) in [6.07, 6.45) is -4.00. The van der Waals surface area contributed by atoms with Crippen molar-refractivity contribution in [3.8, 4) is 0 Å². The Bertz CT molecular complexity index is 284. The maximum atomic E-state index is 12.3. The van der Waals surface area contributed by atoms with Gasteiger partial charge in [0.1, 0.15) is 6.10 Å². The molecule has 0 aliphatic rings. The molecule has 0 bridgehead atoms. The first-order chi connectivity index (χ1) is 7.47. The highest BCUT2D eigenvalue weighted by Crippen LogP contribution is 2.16. The predicted molar refractivity (Wildman–Crippen MR) is 54.8 cm³/mol. The average Bonchev–Trinajstić information content (AvgIpc) is 2.26. The van der Waals surface area contributed by atoms with E-state index in [9.17, 15) is 13.6 Å². The number of carbonyl (C=O) groups is 1. The number of halogens is 2. The fraction of sp³-hybridized carbons (Fsp3) is 0.500. The minimum absolute atomic E-state index is 0.334. The summed E-state index contributed by atoms with van der Waals surface area (Å²) in [5.41, 5.74) is 0. The molecule has 0 heterocycles. The van der Waals surface area contributed by atoms with Crippen LogP contribution in [-0.2, 0) is 4.74 Å². The zero-order chi connectivity index (χ0) is 12.7. The Kier molecular flexibility index (Phi) is 6.32. The minimum Gasteiger partial charge on any atom is -0.406 e. The highest BCUT2D eigenvalue weighted by Gasteiger charge is 2.22. The topological polar surface area (TPSA) is 49.8 Å². The van der Waals surface area contributed by atoms with Crippen molar-refractivity contribution in [2.75, 3.05) is 13.1 Å². The molecule has 1 amide bonds. The number of carbonyl (C=O) groups excluding carboxylic acids is 1. The van der Waals surface area contributed by atoms with Crippen LogP contribution in [0.3, 0.4) is 0 Å². The number of aliphatic hydroxyl groups is 1. The summed E-state index contributed by atoms with van der Waals surface area (Å²) in [4.78, 5) is 12.5. The predicted octanol–water partition coefficient (Wildman–Crippen LogP) is 2.12. The molecule has 16 heavy (non-hydrogen) atoms. The standard InChI is InChI=1S/C10H15F2NO3/c1-4-7(14)8(9(11)12)16-10(15)13(5-2)6-3/h4,7,14H,1,5-6H2,2-3H3. The summed E-state index contributed by atoms with van der Waals surface area (Å²) >= 11 is 0. The highest BCUT2D eigenvalue weighted by molar-refractivity contribution is 5.69. The van der Waals surface area contributed by atoms with Crippen LogP contribution < -0.4 is 0 Å². The monoisotopic (exact) mass is 235 g/mol. The summed E-state index contributed by atoms with van der Waals surface area (Å²) in [6, 6.07) is 0. The largest absolute Gasteiger partial charge is 0.415 e. The van der Waals surface area contributed by atoms with Crippen molar-refractivity contribution in [1.29, 1.82) is 0 Å². The Labute approximate surface area is 92.8 Å². The molecule has 0 aromatic carbocycles. The number of aliphatic hydroxyl groups excluding tert-OH is 1. The number of hydrogen-bond donors (Lipinski definition) is 1. The first-order valence-corrected chi connectivity index (χ1v) is 4.80. The van der Waals surface area contributed by atoms with Gasteiger partial charge in [0, 0.05) is 13.1 Å². The molecule has 1 unspecified atom stereocenters. The number of hydrogen-bond acceptors (Lipinski definition) is 3. The Morgan fingerprint density at radius 1 is 1.50 bits per heavy atom. The van der Waals surface area contributed by atoms with Crippen LogP contribution in [0.2, 0.25) is 0 Å². The molecule has 0 aliphatic heterocycles. The van der Waals surface area contributed by atoms with Crippen molar-refractivity contribution in [3.63, 3.8) is 0 Å². The smallest absolute Gasteiger partial charge is 0.406 e. The number of rotatable bonds is 5. The third-order valence-corrected chi connectivity index (χ3v) is 1.90. The SMILES string of the molecule is C=CC(O)C(OC(=O)N(CC)CC)=C(F)F. The second-order valence-corrected chi connectivity index (χ2v) is 2.85. The van der Waals surface area contributed by atoms with E-state index < -0.39 is 24.0 Å². The van der Waals surface area contributed by atoms with Crippen molar-refractivity contribution < 1.29 is 23.4 Å². The van der Waals surface area contributed by atoms with Crippen molar-refractivity contribution in [1.82, 2.24) is 4.90 Å². The van der Waals surface area contributed by atoms with Gasteiger partial charge in [-0.1, -0.05) is 6.08 Å². The maximum Gasteiger partial charge on any atom is 0.415 e. The Hall–Kier alpha value is -1.43. The summed E-state index contributed by atoms with van der Waals surface area (Å²) in [5, 5.41) is 9.11. The van der Waals surface area contributed by atoms with Gasteiger partial charge in [0.05, 0.1) is 0 Å². The molecule has 92 valence electrons. The fourth-order valence-corrected chi connectivity index (χ4v) is 0.958. The average molecular weight is 235 g/mol. The van der Waals surface area contributed by atoms with E-state index in [1.54, 1.807) is 13.8 Å². The molecule has 0 rings (SSSR count).